The van der Waals surface area contributed by atoms with E-state index in [-0.39, 0.29) is 24.4 Å². The van der Waals surface area contributed by atoms with E-state index in [1.165, 1.54) is 27.2 Å². The molecule has 1 aromatic carbocycles. The molecule has 160 valence electrons. The molecule has 1 unspecified atom stereocenters. The number of hydrogen-bond donors (Lipinski definition) is 1. The largest absolute Gasteiger partial charge is 0.493 e. The lowest BCUT2D eigenvalue weighted by Gasteiger charge is -2.32. The number of carbonyl (C=O) groups excluding carboxylic acids is 2. The molecule has 0 saturated carbocycles. The Morgan fingerprint density at radius 1 is 1.30 bits per heavy atom. The molecule has 2 aromatic rings. The van der Waals surface area contributed by atoms with Gasteiger partial charge in [-0.05, 0) is 25.1 Å². The number of methoxy groups -OCH3 is 2. The molecule has 3 rings (SSSR count). The maximum absolute atomic E-state index is 12.5. The molecule has 30 heavy (non-hydrogen) atoms. The van der Waals surface area contributed by atoms with Crippen molar-refractivity contribution >= 4 is 17.8 Å². The number of H-pyrrole nitrogens is 1. The Bertz CT molecular complexity index is 910. The highest BCUT2D eigenvalue weighted by molar-refractivity contribution is 5.98. The number of imidazole rings is 1. The number of rotatable bonds is 8. The average molecular weight is 415 g/mol. The lowest BCUT2D eigenvalue weighted by Crippen LogP contribution is -2.47. The van der Waals surface area contributed by atoms with Gasteiger partial charge in [-0.15, -0.1) is 0 Å². The number of nitrogens with one attached hydrogen (secondary N) is 1. The second kappa shape index (κ2) is 9.93. The number of ether oxygens (including phenoxy) is 4. The molecule has 1 saturated heterocycles. The standard InChI is InChI=1S/C21H25N3O6/c1-14(25)17-5-6-18(27-2)21(28-3)20(17)30-12-16-11-24(8-9-29-16)19(26)7-4-15-10-22-13-23-15/h4-7,10,13,16H,8-9,11-12H2,1-3H3,(H,22,23). The summed E-state index contributed by atoms with van der Waals surface area (Å²) >= 11 is 0. The van der Waals surface area contributed by atoms with Gasteiger partial charge in [0.1, 0.15) is 12.7 Å². The van der Waals surface area contributed by atoms with Crippen LogP contribution in [-0.2, 0) is 9.53 Å². The molecule has 0 radical (unpaired) electrons. The number of aromatic amines is 1. The van der Waals surface area contributed by atoms with Gasteiger partial charge in [-0.25, -0.2) is 4.98 Å². The molecule has 0 aliphatic carbocycles. The molecule has 1 amide bonds. The van der Waals surface area contributed by atoms with E-state index in [4.69, 9.17) is 18.9 Å². The van der Waals surface area contributed by atoms with Crippen molar-refractivity contribution in [2.75, 3.05) is 40.5 Å². The van der Waals surface area contributed by atoms with Crippen molar-refractivity contribution in [2.45, 2.75) is 13.0 Å². The molecule has 2 heterocycles. The SMILES string of the molecule is COc1ccc(C(C)=O)c(OCC2CN(C(=O)C=Cc3cnc[nH]3)CCO2)c1OC. The zero-order chi connectivity index (χ0) is 21.5. The van der Waals surface area contributed by atoms with Crippen molar-refractivity contribution in [1.29, 1.82) is 0 Å². The maximum atomic E-state index is 12.5. The Labute approximate surface area is 174 Å². The van der Waals surface area contributed by atoms with E-state index in [1.54, 1.807) is 35.6 Å². The summed E-state index contributed by atoms with van der Waals surface area (Å²) in [6.45, 7) is 2.86. The molecular weight excluding hydrogens is 390 g/mol. The Balaban J connectivity index is 1.67. The summed E-state index contributed by atoms with van der Waals surface area (Å²) in [5, 5.41) is 0. The molecule has 1 aliphatic rings. The third-order valence-electron chi connectivity index (χ3n) is 4.67. The minimum absolute atomic E-state index is 0.124. The molecule has 9 heteroatoms. The molecule has 1 fully saturated rings. The summed E-state index contributed by atoms with van der Waals surface area (Å²) in [4.78, 5) is 33.0. The Morgan fingerprint density at radius 2 is 2.13 bits per heavy atom. The summed E-state index contributed by atoms with van der Waals surface area (Å²) in [7, 11) is 3.00. The molecule has 1 aliphatic heterocycles. The monoisotopic (exact) mass is 415 g/mol. The number of Topliss-reactive ketones (excluding diaryl/α,β-unsaturated/α-hetero) is 1. The number of aromatic nitrogens is 2. The predicted octanol–water partition coefficient (Wildman–Crippen LogP) is 1.95. The molecule has 0 spiro atoms. The molecular formula is C21H25N3O6. The first-order chi connectivity index (χ1) is 14.5. The van der Waals surface area contributed by atoms with E-state index in [0.29, 0.717) is 42.5 Å². The van der Waals surface area contributed by atoms with Gasteiger partial charge in [0.2, 0.25) is 11.7 Å². The van der Waals surface area contributed by atoms with Crippen molar-refractivity contribution < 1.29 is 28.5 Å². The van der Waals surface area contributed by atoms with Crippen LogP contribution in [0, 0.1) is 0 Å². The van der Waals surface area contributed by atoms with Crippen LogP contribution >= 0.6 is 0 Å². The third kappa shape index (κ3) is 4.98. The number of nitrogens with zero attached hydrogens (tertiary/aromatic N) is 2. The van der Waals surface area contributed by atoms with E-state index < -0.39 is 0 Å². The lowest BCUT2D eigenvalue weighted by molar-refractivity contribution is -0.134. The van der Waals surface area contributed by atoms with Gasteiger partial charge in [-0.2, -0.15) is 0 Å². The summed E-state index contributed by atoms with van der Waals surface area (Å²) in [6.07, 6.45) is 6.01. The number of hydrogen-bond acceptors (Lipinski definition) is 7. The highest BCUT2D eigenvalue weighted by Gasteiger charge is 2.26. The fourth-order valence-electron chi connectivity index (χ4n) is 3.14. The van der Waals surface area contributed by atoms with Crippen LogP contribution in [0.15, 0.2) is 30.7 Å². The second-order valence-electron chi connectivity index (χ2n) is 6.66. The van der Waals surface area contributed by atoms with E-state index in [2.05, 4.69) is 9.97 Å². The average Bonchev–Trinajstić information content (AvgIpc) is 3.28. The van der Waals surface area contributed by atoms with Crippen LogP contribution in [0.1, 0.15) is 23.0 Å². The lowest BCUT2D eigenvalue weighted by atomic mass is 10.1. The second-order valence-corrected chi connectivity index (χ2v) is 6.66. The Kier molecular flexibility index (Phi) is 7.08. The molecule has 1 N–H and O–H groups in total. The minimum atomic E-state index is -0.348. The van der Waals surface area contributed by atoms with Gasteiger partial charge in [0.15, 0.2) is 17.3 Å². The van der Waals surface area contributed by atoms with Crippen LogP contribution < -0.4 is 14.2 Å². The van der Waals surface area contributed by atoms with E-state index in [9.17, 15) is 9.59 Å². The number of ketones is 1. The summed E-state index contributed by atoms with van der Waals surface area (Å²) in [5.41, 5.74) is 1.14. The molecule has 0 bridgehead atoms. The van der Waals surface area contributed by atoms with Crippen molar-refractivity contribution in [3.05, 3.63) is 42.0 Å². The van der Waals surface area contributed by atoms with Crippen molar-refractivity contribution in [2.24, 2.45) is 0 Å². The fraction of sp³-hybridized carbons (Fsp3) is 0.381. The van der Waals surface area contributed by atoms with E-state index >= 15 is 0 Å². The zero-order valence-electron chi connectivity index (χ0n) is 17.2. The highest BCUT2D eigenvalue weighted by Crippen LogP contribution is 2.40. The maximum Gasteiger partial charge on any atom is 0.246 e. The van der Waals surface area contributed by atoms with Gasteiger partial charge < -0.3 is 28.8 Å². The van der Waals surface area contributed by atoms with Crippen molar-refractivity contribution in [1.82, 2.24) is 14.9 Å². The van der Waals surface area contributed by atoms with E-state index in [0.717, 1.165) is 5.69 Å². The van der Waals surface area contributed by atoms with Crippen LogP contribution in [0.25, 0.3) is 6.08 Å². The Morgan fingerprint density at radius 3 is 2.80 bits per heavy atom. The van der Waals surface area contributed by atoms with Gasteiger partial charge in [0.05, 0.1) is 51.2 Å². The zero-order valence-corrected chi connectivity index (χ0v) is 17.2. The number of benzene rings is 1. The van der Waals surface area contributed by atoms with Gasteiger partial charge >= 0.3 is 0 Å². The fourth-order valence-corrected chi connectivity index (χ4v) is 3.14. The first-order valence-corrected chi connectivity index (χ1v) is 9.49. The van der Waals surface area contributed by atoms with Gasteiger partial charge in [0.25, 0.3) is 0 Å². The summed E-state index contributed by atoms with van der Waals surface area (Å²) in [5.74, 6) is 0.826. The smallest absolute Gasteiger partial charge is 0.246 e. The first kappa shape index (κ1) is 21.4. The number of carbonyl (C=O) groups is 2. The first-order valence-electron chi connectivity index (χ1n) is 9.49. The van der Waals surface area contributed by atoms with Crippen LogP contribution in [0.3, 0.4) is 0 Å². The van der Waals surface area contributed by atoms with Gasteiger partial charge in [-0.1, -0.05) is 0 Å². The molecule has 9 nitrogen and oxygen atoms in total. The predicted molar refractivity (Wildman–Crippen MR) is 109 cm³/mol. The topological polar surface area (TPSA) is 103 Å². The minimum Gasteiger partial charge on any atom is -0.493 e. The summed E-state index contributed by atoms with van der Waals surface area (Å²) < 4.78 is 22.4. The quantitative estimate of drug-likeness (QED) is 0.519. The summed E-state index contributed by atoms with van der Waals surface area (Å²) in [6, 6.07) is 3.29. The normalized spacial score (nSPS) is 16.5. The van der Waals surface area contributed by atoms with Crippen molar-refractivity contribution in [3.63, 3.8) is 0 Å². The van der Waals surface area contributed by atoms with Crippen LogP contribution in [0.4, 0.5) is 0 Å². The van der Waals surface area contributed by atoms with Crippen LogP contribution in [0.5, 0.6) is 17.2 Å². The molecule has 1 aromatic heterocycles. The highest BCUT2D eigenvalue weighted by atomic mass is 16.6. The van der Waals surface area contributed by atoms with Crippen molar-refractivity contribution in [3.8, 4) is 17.2 Å². The molecule has 1 atom stereocenters. The number of morpholine rings is 1. The van der Waals surface area contributed by atoms with E-state index in [1.807, 2.05) is 0 Å². The van der Waals surface area contributed by atoms with Crippen LogP contribution in [0.2, 0.25) is 0 Å². The van der Waals surface area contributed by atoms with Gasteiger partial charge in [-0.3, -0.25) is 9.59 Å². The van der Waals surface area contributed by atoms with Gasteiger partial charge in [0, 0.05) is 12.6 Å². The Hall–Kier alpha value is -3.33. The number of amides is 1. The third-order valence-corrected chi connectivity index (χ3v) is 4.67. The van der Waals surface area contributed by atoms with Crippen LogP contribution in [-0.4, -0.2) is 73.2 Å².